The van der Waals surface area contributed by atoms with E-state index in [2.05, 4.69) is 5.32 Å². The van der Waals surface area contributed by atoms with Gasteiger partial charge in [0, 0.05) is 16.9 Å². The molecule has 0 radical (unpaired) electrons. The number of rotatable bonds is 4. The second-order valence-corrected chi connectivity index (χ2v) is 6.34. The molecule has 1 N–H and O–H groups in total. The van der Waals surface area contributed by atoms with Gasteiger partial charge in [-0.1, -0.05) is 29.8 Å². The van der Waals surface area contributed by atoms with E-state index in [-0.39, 0.29) is 5.56 Å². The van der Waals surface area contributed by atoms with Crippen LogP contribution in [0.1, 0.15) is 21.5 Å². The first-order valence-electron chi connectivity index (χ1n) is 7.95. The summed E-state index contributed by atoms with van der Waals surface area (Å²) in [4.78, 5) is 25.0. The molecule has 0 saturated carbocycles. The highest BCUT2D eigenvalue weighted by Gasteiger charge is 2.13. The molecule has 0 saturated heterocycles. The highest BCUT2D eigenvalue weighted by Crippen LogP contribution is 2.14. The molecule has 0 atom stereocenters. The largest absolute Gasteiger partial charge is 0.322 e. The molecule has 3 aromatic rings. The molecule has 0 aliphatic heterocycles. The van der Waals surface area contributed by atoms with Crippen molar-refractivity contribution in [1.82, 2.24) is 4.57 Å². The van der Waals surface area contributed by atoms with Crippen LogP contribution in [0.3, 0.4) is 0 Å². The molecule has 1 amide bonds. The molecule has 0 unspecified atom stereocenters. The summed E-state index contributed by atoms with van der Waals surface area (Å²) < 4.78 is 15.0. The van der Waals surface area contributed by atoms with E-state index in [4.69, 9.17) is 11.6 Å². The van der Waals surface area contributed by atoms with E-state index >= 15 is 0 Å². The van der Waals surface area contributed by atoms with Crippen LogP contribution in [0, 0.1) is 12.7 Å². The van der Waals surface area contributed by atoms with Gasteiger partial charge in [0.1, 0.15) is 11.4 Å². The Bertz CT molecular complexity index is 1030. The molecule has 0 aliphatic rings. The fourth-order valence-electron chi connectivity index (χ4n) is 2.54. The van der Waals surface area contributed by atoms with Gasteiger partial charge in [-0.3, -0.25) is 9.59 Å². The highest BCUT2D eigenvalue weighted by atomic mass is 35.5. The van der Waals surface area contributed by atoms with Crippen LogP contribution in [0.5, 0.6) is 0 Å². The van der Waals surface area contributed by atoms with E-state index in [0.717, 1.165) is 5.56 Å². The third-order valence-electron chi connectivity index (χ3n) is 3.94. The number of carbonyl (C=O) groups excluding carboxylic acids is 1. The smallest absolute Gasteiger partial charge is 0.263 e. The maximum Gasteiger partial charge on any atom is 0.263 e. The molecule has 2 aromatic carbocycles. The lowest BCUT2D eigenvalue weighted by Gasteiger charge is -2.10. The molecule has 3 rings (SSSR count). The van der Waals surface area contributed by atoms with Crippen molar-refractivity contribution in [3.05, 3.63) is 98.7 Å². The Morgan fingerprint density at radius 1 is 1.15 bits per heavy atom. The summed E-state index contributed by atoms with van der Waals surface area (Å²) in [5.74, 6) is -1.01. The van der Waals surface area contributed by atoms with Gasteiger partial charge in [-0.2, -0.15) is 0 Å². The van der Waals surface area contributed by atoms with Gasteiger partial charge in [0.2, 0.25) is 0 Å². The fourth-order valence-corrected chi connectivity index (χ4v) is 2.75. The van der Waals surface area contributed by atoms with Gasteiger partial charge in [-0.05, 0) is 54.4 Å². The van der Waals surface area contributed by atoms with Crippen LogP contribution in [0.2, 0.25) is 5.02 Å². The standard InChI is InChI=1S/C20H16ClFN2O2/c1-13-7-8-16(11-18(13)22)23-19(25)17-6-3-9-24(20(17)26)12-14-4-2-5-15(21)10-14/h2-11H,12H2,1H3,(H,23,25). The lowest BCUT2D eigenvalue weighted by Crippen LogP contribution is -2.29. The van der Waals surface area contributed by atoms with E-state index in [1.165, 1.54) is 16.7 Å². The van der Waals surface area contributed by atoms with E-state index in [9.17, 15) is 14.0 Å². The summed E-state index contributed by atoms with van der Waals surface area (Å²) in [6.45, 7) is 1.92. The summed E-state index contributed by atoms with van der Waals surface area (Å²) in [7, 11) is 0. The summed E-state index contributed by atoms with van der Waals surface area (Å²) in [5.41, 5.74) is 1.17. The maximum absolute atomic E-state index is 13.6. The zero-order chi connectivity index (χ0) is 18.7. The van der Waals surface area contributed by atoms with Gasteiger partial charge >= 0.3 is 0 Å². The Kier molecular flexibility index (Phi) is 5.19. The molecule has 1 aromatic heterocycles. The zero-order valence-electron chi connectivity index (χ0n) is 14.0. The number of aromatic nitrogens is 1. The number of hydrogen-bond donors (Lipinski definition) is 1. The number of nitrogens with one attached hydrogen (secondary N) is 1. The first-order valence-corrected chi connectivity index (χ1v) is 8.33. The Morgan fingerprint density at radius 2 is 1.96 bits per heavy atom. The third kappa shape index (κ3) is 4.00. The first-order chi connectivity index (χ1) is 12.4. The number of hydrogen-bond acceptors (Lipinski definition) is 2. The predicted octanol–water partition coefficient (Wildman–Crippen LogP) is 4.25. The van der Waals surface area contributed by atoms with Gasteiger partial charge in [-0.15, -0.1) is 0 Å². The lowest BCUT2D eigenvalue weighted by molar-refractivity contribution is 0.102. The number of anilines is 1. The normalized spacial score (nSPS) is 10.6. The number of aryl methyl sites for hydroxylation is 1. The summed E-state index contributed by atoms with van der Waals surface area (Å²) in [6, 6.07) is 14.6. The summed E-state index contributed by atoms with van der Waals surface area (Å²) >= 11 is 5.96. The van der Waals surface area contributed by atoms with Crippen molar-refractivity contribution in [2.75, 3.05) is 5.32 Å². The van der Waals surface area contributed by atoms with Crippen molar-refractivity contribution in [2.45, 2.75) is 13.5 Å². The quantitative estimate of drug-likeness (QED) is 0.746. The van der Waals surface area contributed by atoms with Crippen molar-refractivity contribution in [3.63, 3.8) is 0 Å². The van der Waals surface area contributed by atoms with Gasteiger partial charge in [0.05, 0.1) is 6.54 Å². The van der Waals surface area contributed by atoms with Crippen molar-refractivity contribution in [3.8, 4) is 0 Å². The Morgan fingerprint density at radius 3 is 2.69 bits per heavy atom. The van der Waals surface area contributed by atoms with E-state index < -0.39 is 17.3 Å². The fraction of sp³-hybridized carbons (Fsp3) is 0.100. The zero-order valence-corrected chi connectivity index (χ0v) is 14.8. The molecule has 0 bridgehead atoms. The molecule has 0 spiro atoms. The Hall–Kier alpha value is -2.92. The maximum atomic E-state index is 13.6. The van der Waals surface area contributed by atoms with Crippen LogP contribution in [0.4, 0.5) is 10.1 Å². The SMILES string of the molecule is Cc1ccc(NC(=O)c2cccn(Cc3cccc(Cl)c3)c2=O)cc1F. The number of halogens is 2. The van der Waals surface area contributed by atoms with E-state index in [0.29, 0.717) is 22.8 Å². The molecular weight excluding hydrogens is 355 g/mol. The molecule has 6 heteroatoms. The summed E-state index contributed by atoms with van der Waals surface area (Å²) in [5, 5.41) is 3.13. The van der Waals surface area contributed by atoms with Crippen molar-refractivity contribution >= 4 is 23.2 Å². The molecule has 4 nitrogen and oxygen atoms in total. The molecule has 0 aliphatic carbocycles. The molecule has 26 heavy (non-hydrogen) atoms. The Labute approximate surface area is 154 Å². The van der Waals surface area contributed by atoms with Crippen LogP contribution in [-0.2, 0) is 6.54 Å². The Balaban J connectivity index is 1.85. The minimum Gasteiger partial charge on any atom is -0.322 e. The van der Waals surface area contributed by atoms with Gasteiger partial charge < -0.3 is 9.88 Å². The minimum atomic E-state index is -0.585. The molecular formula is C20H16ClFN2O2. The average Bonchev–Trinajstić information content (AvgIpc) is 2.60. The number of amides is 1. The van der Waals surface area contributed by atoms with Crippen molar-refractivity contribution in [1.29, 1.82) is 0 Å². The van der Waals surface area contributed by atoms with Crippen molar-refractivity contribution < 1.29 is 9.18 Å². The first kappa shape index (κ1) is 17.9. The lowest BCUT2D eigenvalue weighted by atomic mass is 10.2. The van der Waals surface area contributed by atoms with Crippen molar-refractivity contribution in [2.24, 2.45) is 0 Å². The second kappa shape index (κ2) is 7.54. The van der Waals surface area contributed by atoms with Crippen LogP contribution in [-0.4, -0.2) is 10.5 Å². The van der Waals surface area contributed by atoms with Gasteiger partial charge in [0.15, 0.2) is 0 Å². The van der Waals surface area contributed by atoms with Crippen LogP contribution in [0.15, 0.2) is 65.6 Å². The van der Waals surface area contributed by atoms with Crippen LogP contribution >= 0.6 is 11.6 Å². The topological polar surface area (TPSA) is 51.1 Å². The number of benzene rings is 2. The predicted molar refractivity (Wildman–Crippen MR) is 100 cm³/mol. The second-order valence-electron chi connectivity index (χ2n) is 5.90. The monoisotopic (exact) mass is 370 g/mol. The number of pyridine rings is 1. The molecule has 132 valence electrons. The molecule has 1 heterocycles. The average molecular weight is 371 g/mol. The van der Waals surface area contributed by atoms with E-state index in [1.54, 1.807) is 49.5 Å². The van der Waals surface area contributed by atoms with Gasteiger partial charge in [-0.25, -0.2) is 4.39 Å². The van der Waals surface area contributed by atoms with Gasteiger partial charge in [0.25, 0.3) is 11.5 Å². The highest BCUT2D eigenvalue weighted by molar-refractivity contribution is 6.30. The van der Waals surface area contributed by atoms with Crippen LogP contribution < -0.4 is 10.9 Å². The number of carbonyl (C=O) groups is 1. The van der Waals surface area contributed by atoms with Crippen LogP contribution in [0.25, 0.3) is 0 Å². The van der Waals surface area contributed by atoms with E-state index in [1.807, 2.05) is 6.07 Å². The minimum absolute atomic E-state index is 0.0180. The third-order valence-corrected chi connectivity index (χ3v) is 4.17. The number of nitrogens with zero attached hydrogens (tertiary/aromatic N) is 1. The summed E-state index contributed by atoms with van der Waals surface area (Å²) in [6.07, 6.45) is 1.60. The molecule has 0 fully saturated rings.